The molecule has 1 N–H and O–H groups in total. The lowest BCUT2D eigenvalue weighted by Crippen LogP contribution is -2.17. The molecule has 1 saturated carbocycles. The average Bonchev–Trinajstić information content (AvgIpc) is 2.86. The average molecular weight is 261 g/mol. The summed E-state index contributed by atoms with van der Waals surface area (Å²) in [4.78, 5) is 9.55. The Hall–Kier alpha value is -1.12. The molecule has 106 valence electrons. The van der Waals surface area contributed by atoms with Crippen LogP contribution in [0.4, 0.5) is 5.82 Å². The van der Waals surface area contributed by atoms with Gasteiger partial charge in [0.2, 0.25) is 0 Å². The van der Waals surface area contributed by atoms with Crippen molar-refractivity contribution in [2.45, 2.75) is 64.7 Å². The van der Waals surface area contributed by atoms with Crippen LogP contribution in [0.25, 0.3) is 0 Å². The van der Waals surface area contributed by atoms with E-state index < -0.39 is 0 Å². The van der Waals surface area contributed by atoms with Gasteiger partial charge in [-0.15, -0.1) is 0 Å². The number of nitrogens with one attached hydrogen (secondary N) is 1. The van der Waals surface area contributed by atoms with Crippen LogP contribution in [0.1, 0.15) is 70.8 Å². The van der Waals surface area contributed by atoms with Gasteiger partial charge in [-0.1, -0.05) is 34.1 Å². The van der Waals surface area contributed by atoms with Crippen molar-refractivity contribution in [3.63, 3.8) is 0 Å². The minimum Gasteiger partial charge on any atom is -0.373 e. The van der Waals surface area contributed by atoms with Crippen molar-refractivity contribution in [1.82, 2.24) is 9.97 Å². The lowest BCUT2D eigenvalue weighted by molar-refractivity contribution is 0.512. The van der Waals surface area contributed by atoms with Crippen LogP contribution in [-0.4, -0.2) is 17.0 Å². The molecule has 2 rings (SSSR count). The van der Waals surface area contributed by atoms with Gasteiger partial charge in [0.15, 0.2) is 0 Å². The van der Waals surface area contributed by atoms with Gasteiger partial charge in [0.05, 0.1) is 5.69 Å². The van der Waals surface area contributed by atoms with Crippen LogP contribution in [0.3, 0.4) is 0 Å². The molecule has 0 bridgehead atoms. The third-order valence-electron chi connectivity index (χ3n) is 4.25. The highest BCUT2D eigenvalue weighted by molar-refractivity contribution is 5.37. The first-order valence-corrected chi connectivity index (χ1v) is 7.51. The number of anilines is 1. The fourth-order valence-electron chi connectivity index (χ4n) is 2.84. The summed E-state index contributed by atoms with van der Waals surface area (Å²) in [6.07, 6.45) is 5.12. The number of nitrogens with zero attached hydrogens (tertiary/aromatic N) is 2. The summed E-state index contributed by atoms with van der Waals surface area (Å²) in [5.74, 6) is 3.42. The largest absolute Gasteiger partial charge is 0.373 e. The molecule has 3 heteroatoms. The maximum Gasteiger partial charge on any atom is 0.134 e. The van der Waals surface area contributed by atoms with Crippen LogP contribution in [0.15, 0.2) is 6.07 Å². The molecule has 19 heavy (non-hydrogen) atoms. The van der Waals surface area contributed by atoms with Crippen molar-refractivity contribution in [2.24, 2.45) is 5.92 Å². The van der Waals surface area contributed by atoms with Gasteiger partial charge in [-0.25, -0.2) is 9.97 Å². The third kappa shape index (κ3) is 3.26. The van der Waals surface area contributed by atoms with E-state index in [9.17, 15) is 0 Å². The third-order valence-corrected chi connectivity index (χ3v) is 4.25. The Morgan fingerprint density at radius 2 is 2.00 bits per heavy atom. The highest BCUT2D eigenvalue weighted by Crippen LogP contribution is 2.39. The standard InChI is InChI=1S/C16H27N3/c1-6-11-7-8-12(9-11)15-18-13(16(2,3)4)10-14(17-5)19-15/h10-12H,6-9H2,1-5H3,(H,17,18,19). The Bertz CT molecular complexity index is 434. The number of hydrogen-bond donors (Lipinski definition) is 1. The number of rotatable bonds is 3. The van der Waals surface area contributed by atoms with Crippen LogP contribution in [0.2, 0.25) is 0 Å². The fraction of sp³-hybridized carbons (Fsp3) is 0.750. The summed E-state index contributed by atoms with van der Waals surface area (Å²) in [7, 11) is 1.93. The summed E-state index contributed by atoms with van der Waals surface area (Å²) >= 11 is 0. The first-order chi connectivity index (χ1) is 8.94. The van der Waals surface area contributed by atoms with Crippen LogP contribution in [0.5, 0.6) is 0 Å². The topological polar surface area (TPSA) is 37.8 Å². The summed E-state index contributed by atoms with van der Waals surface area (Å²) in [6.45, 7) is 8.92. The van der Waals surface area contributed by atoms with E-state index in [-0.39, 0.29) is 5.41 Å². The van der Waals surface area contributed by atoms with E-state index in [0.29, 0.717) is 5.92 Å². The predicted molar refractivity (Wildman–Crippen MR) is 80.7 cm³/mol. The molecule has 1 aromatic rings. The number of aromatic nitrogens is 2. The van der Waals surface area contributed by atoms with E-state index in [0.717, 1.165) is 23.3 Å². The minimum atomic E-state index is 0.0754. The Morgan fingerprint density at radius 1 is 1.26 bits per heavy atom. The second-order valence-electron chi connectivity index (χ2n) is 6.78. The lowest BCUT2D eigenvalue weighted by Gasteiger charge is -2.21. The maximum absolute atomic E-state index is 4.85. The highest BCUT2D eigenvalue weighted by atomic mass is 15.0. The molecule has 1 aromatic heterocycles. The Kier molecular flexibility index (Phi) is 4.12. The van der Waals surface area contributed by atoms with E-state index >= 15 is 0 Å². The fourth-order valence-corrected chi connectivity index (χ4v) is 2.84. The molecule has 0 amide bonds. The SMILES string of the molecule is CCC1CCC(c2nc(NC)cc(C(C)(C)C)n2)C1. The van der Waals surface area contributed by atoms with Crippen molar-refractivity contribution >= 4 is 5.82 Å². The van der Waals surface area contributed by atoms with Crippen molar-refractivity contribution < 1.29 is 0 Å². The van der Waals surface area contributed by atoms with Crippen LogP contribution in [-0.2, 0) is 5.41 Å². The van der Waals surface area contributed by atoms with Crippen LogP contribution < -0.4 is 5.32 Å². The van der Waals surface area contributed by atoms with Gasteiger partial charge >= 0.3 is 0 Å². The Balaban J connectivity index is 2.30. The molecule has 2 atom stereocenters. The quantitative estimate of drug-likeness (QED) is 0.889. The zero-order valence-corrected chi connectivity index (χ0v) is 13.0. The van der Waals surface area contributed by atoms with E-state index in [4.69, 9.17) is 9.97 Å². The van der Waals surface area contributed by atoms with Crippen molar-refractivity contribution in [2.75, 3.05) is 12.4 Å². The van der Waals surface area contributed by atoms with Gasteiger partial charge in [0.25, 0.3) is 0 Å². The predicted octanol–water partition coefficient (Wildman–Crippen LogP) is 4.11. The van der Waals surface area contributed by atoms with Gasteiger partial charge in [-0.2, -0.15) is 0 Å². The van der Waals surface area contributed by atoms with Gasteiger partial charge in [-0.3, -0.25) is 0 Å². The number of hydrogen-bond acceptors (Lipinski definition) is 3. The summed E-state index contributed by atoms with van der Waals surface area (Å²) in [5.41, 5.74) is 1.22. The second-order valence-corrected chi connectivity index (χ2v) is 6.78. The molecule has 0 aromatic carbocycles. The Labute approximate surface area is 117 Å². The molecule has 1 fully saturated rings. The summed E-state index contributed by atoms with van der Waals surface area (Å²) in [6, 6.07) is 2.08. The zero-order valence-electron chi connectivity index (χ0n) is 13.0. The molecular formula is C16H27N3. The van der Waals surface area contributed by atoms with Gasteiger partial charge < -0.3 is 5.32 Å². The van der Waals surface area contributed by atoms with E-state index in [1.165, 1.54) is 25.7 Å². The van der Waals surface area contributed by atoms with E-state index in [1.807, 2.05) is 7.05 Å². The van der Waals surface area contributed by atoms with Crippen molar-refractivity contribution in [3.05, 3.63) is 17.6 Å². The van der Waals surface area contributed by atoms with E-state index in [1.54, 1.807) is 0 Å². The Morgan fingerprint density at radius 3 is 2.53 bits per heavy atom. The monoisotopic (exact) mass is 261 g/mol. The normalized spacial score (nSPS) is 23.6. The minimum absolute atomic E-state index is 0.0754. The van der Waals surface area contributed by atoms with Crippen LogP contribution in [0, 0.1) is 5.92 Å². The molecule has 2 unspecified atom stereocenters. The summed E-state index contributed by atoms with van der Waals surface area (Å²) in [5, 5.41) is 3.18. The molecule has 1 aliphatic rings. The van der Waals surface area contributed by atoms with E-state index in [2.05, 4.69) is 39.1 Å². The first-order valence-electron chi connectivity index (χ1n) is 7.51. The molecule has 0 radical (unpaired) electrons. The van der Waals surface area contributed by atoms with Gasteiger partial charge in [-0.05, 0) is 25.2 Å². The summed E-state index contributed by atoms with van der Waals surface area (Å²) < 4.78 is 0. The highest BCUT2D eigenvalue weighted by Gasteiger charge is 2.28. The molecule has 1 aliphatic carbocycles. The second kappa shape index (κ2) is 5.48. The molecule has 0 saturated heterocycles. The van der Waals surface area contributed by atoms with Crippen molar-refractivity contribution in [1.29, 1.82) is 0 Å². The first kappa shape index (κ1) is 14.3. The van der Waals surface area contributed by atoms with Gasteiger partial charge in [0.1, 0.15) is 11.6 Å². The molecule has 3 nitrogen and oxygen atoms in total. The zero-order chi connectivity index (χ0) is 14.0. The van der Waals surface area contributed by atoms with Crippen molar-refractivity contribution in [3.8, 4) is 0 Å². The van der Waals surface area contributed by atoms with Crippen LogP contribution >= 0.6 is 0 Å². The van der Waals surface area contributed by atoms with Gasteiger partial charge in [0, 0.05) is 24.4 Å². The molecule has 0 aliphatic heterocycles. The molecule has 0 spiro atoms. The maximum atomic E-state index is 4.85. The molecule has 1 heterocycles. The lowest BCUT2D eigenvalue weighted by atomic mass is 9.91. The molecular weight excluding hydrogens is 234 g/mol. The smallest absolute Gasteiger partial charge is 0.134 e.